The van der Waals surface area contributed by atoms with Gasteiger partial charge in [0, 0.05) is 10.1 Å². The van der Waals surface area contributed by atoms with Crippen LogP contribution in [0, 0.1) is 6.92 Å². The first-order valence-corrected chi connectivity index (χ1v) is 19.9. The zero-order valence-electron chi connectivity index (χ0n) is 23.5. The minimum Gasteiger partial charge on any atom is -0.235 e. The number of benzene rings is 4. The van der Waals surface area contributed by atoms with Gasteiger partial charge in [-0.1, -0.05) is 122 Å². The molecule has 4 aromatic carbocycles. The van der Waals surface area contributed by atoms with Crippen LogP contribution in [0.3, 0.4) is 0 Å². The minimum atomic E-state index is -2.33. The normalized spacial score (nSPS) is 12.7. The highest BCUT2D eigenvalue weighted by atomic mass is 32.1. The molecule has 188 valence electrons. The third-order valence-electron chi connectivity index (χ3n) is 7.75. The van der Waals surface area contributed by atoms with Crippen LogP contribution in [-0.2, 0) is 0 Å². The van der Waals surface area contributed by atoms with Gasteiger partial charge in [0.05, 0.1) is 24.0 Å². The molecule has 0 aliphatic carbocycles. The van der Waals surface area contributed by atoms with Crippen molar-refractivity contribution in [1.82, 2.24) is 9.97 Å². The van der Waals surface area contributed by atoms with E-state index in [-0.39, 0.29) is 6.30 Å². The van der Waals surface area contributed by atoms with Gasteiger partial charge in [-0.3, -0.25) is 0 Å². The van der Waals surface area contributed by atoms with Gasteiger partial charge in [0.2, 0.25) is 0 Å². The zero-order chi connectivity index (χ0) is 27.4. The molecule has 0 radical (unpaired) electrons. The number of thiophene rings is 1. The fourth-order valence-corrected chi connectivity index (χ4v) is 13.6. The summed E-state index contributed by atoms with van der Waals surface area (Å²) in [5.41, 5.74) is 4.06. The summed E-state index contributed by atoms with van der Waals surface area (Å²) in [6.45, 7) is 11.8. The Kier molecular flexibility index (Phi) is 5.88. The Balaban J connectivity index is 1.66. The van der Waals surface area contributed by atoms with E-state index in [9.17, 15) is 0 Å². The molecule has 0 aliphatic rings. The molecule has 5 heteroatoms. The Morgan fingerprint density at radius 2 is 1.34 bits per heavy atom. The molecule has 0 aliphatic heterocycles. The Hall–Kier alpha value is -3.39. The van der Waals surface area contributed by atoms with E-state index in [1.54, 1.807) is 0 Å². The van der Waals surface area contributed by atoms with Crippen LogP contribution in [0.1, 0.15) is 6.93 Å². The van der Waals surface area contributed by atoms with Crippen LogP contribution in [0.4, 0.5) is 0 Å². The predicted molar refractivity (Wildman–Crippen MR) is 171 cm³/mol. The SMILES string of the molecule is [2H]c1nc(-c2cc([Si](C)(C)C)c3ccccc3c2)c2sc([Si](C)(c3ccccc3)c3ccccc3)c(C)c2n1. The molecule has 0 spiro atoms. The predicted octanol–water partition coefficient (Wildman–Crippen LogP) is 6.47. The topological polar surface area (TPSA) is 25.8 Å². The number of nitrogens with zero attached hydrogens (tertiary/aromatic N) is 2. The third kappa shape index (κ3) is 4.06. The summed E-state index contributed by atoms with van der Waals surface area (Å²) in [5, 5.41) is 6.73. The van der Waals surface area contributed by atoms with Gasteiger partial charge in [-0.2, -0.15) is 0 Å². The molecular formula is C33H32N2SSi2. The lowest BCUT2D eigenvalue weighted by Crippen LogP contribution is -2.64. The fraction of sp³-hybridized carbons (Fsp3) is 0.152. The van der Waals surface area contributed by atoms with E-state index >= 15 is 0 Å². The molecule has 0 fully saturated rings. The van der Waals surface area contributed by atoms with E-state index < -0.39 is 16.1 Å². The lowest BCUT2D eigenvalue weighted by atomic mass is 10.0. The first-order valence-electron chi connectivity index (χ1n) is 13.6. The van der Waals surface area contributed by atoms with Crippen LogP contribution in [0.2, 0.25) is 26.2 Å². The van der Waals surface area contributed by atoms with E-state index in [0.29, 0.717) is 0 Å². The molecule has 0 amide bonds. The Bertz CT molecular complexity index is 1790. The molecule has 2 nitrogen and oxygen atoms in total. The van der Waals surface area contributed by atoms with Gasteiger partial charge in [0.25, 0.3) is 0 Å². The molecule has 2 heterocycles. The van der Waals surface area contributed by atoms with Crippen molar-refractivity contribution in [1.29, 1.82) is 0 Å². The Morgan fingerprint density at radius 1 is 0.737 bits per heavy atom. The fourth-order valence-electron chi connectivity index (χ4n) is 5.69. The maximum Gasteiger partial charge on any atom is 0.157 e. The summed E-state index contributed by atoms with van der Waals surface area (Å²) >= 11 is 1.83. The molecule has 0 unspecified atom stereocenters. The van der Waals surface area contributed by atoms with Gasteiger partial charge in [0.1, 0.15) is 7.67 Å². The van der Waals surface area contributed by atoms with Gasteiger partial charge in [-0.15, -0.1) is 11.3 Å². The van der Waals surface area contributed by atoms with Gasteiger partial charge in [0.15, 0.2) is 8.07 Å². The molecule has 0 N–H and O–H groups in total. The van der Waals surface area contributed by atoms with Crippen molar-refractivity contribution in [2.75, 3.05) is 0 Å². The Labute approximate surface area is 232 Å². The average Bonchev–Trinajstić information content (AvgIpc) is 3.28. The standard InChI is InChI=1S/C33H32N2SSi2/c1-23-30-32(36-33(23)38(5,26-15-8-6-9-16-26)27-17-10-7-11-18-27)31(35-22-34-30)25-20-24-14-12-13-19-28(24)29(21-25)37(2,3)4/h6-22H,1-5H3/i22D. The lowest BCUT2D eigenvalue weighted by Gasteiger charge is -2.28. The molecule has 38 heavy (non-hydrogen) atoms. The highest BCUT2D eigenvalue weighted by molar-refractivity contribution is 7.36. The van der Waals surface area contributed by atoms with Crippen LogP contribution < -0.4 is 20.1 Å². The number of hydrogen-bond acceptors (Lipinski definition) is 3. The summed E-state index contributed by atoms with van der Waals surface area (Å²) in [7, 11) is -3.98. The van der Waals surface area contributed by atoms with E-state index in [0.717, 1.165) is 21.5 Å². The van der Waals surface area contributed by atoms with Crippen molar-refractivity contribution in [3.8, 4) is 11.3 Å². The molecule has 0 atom stereocenters. The van der Waals surface area contributed by atoms with Crippen molar-refractivity contribution in [3.05, 3.63) is 109 Å². The van der Waals surface area contributed by atoms with Gasteiger partial charge >= 0.3 is 0 Å². The highest BCUT2D eigenvalue weighted by Gasteiger charge is 2.38. The van der Waals surface area contributed by atoms with Gasteiger partial charge in [-0.05, 0) is 39.7 Å². The van der Waals surface area contributed by atoms with E-state index in [1.807, 2.05) is 11.3 Å². The van der Waals surface area contributed by atoms with Crippen molar-refractivity contribution < 1.29 is 1.37 Å². The minimum absolute atomic E-state index is 0.0791. The molecular weight excluding hydrogens is 513 g/mol. The second-order valence-corrected chi connectivity index (χ2v) is 21.6. The van der Waals surface area contributed by atoms with E-state index in [2.05, 4.69) is 130 Å². The average molecular weight is 546 g/mol. The maximum absolute atomic E-state index is 8.60. The monoisotopic (exact) mass is 545 g/mol. The summed E-state index contributed by atoms with van der Waals surface area (Å²) in [6, 6.07) is 35.1. The highest BCUT2D eigenvalue weighted by Crippen LogP contribution is 2.34. The summed E-state index contributed by atoms with van der Waals surface area (Å²) < 4.78 is 11.1. The molecule has 0 saturated heterocycles. The van der Waals surface area contributed by atoms with Crippen LogP contribution in [-0.4, -0.2) is 26.1 Å². The number of aromatic nitrogens is 2. The maximum atomic E-state index is 8.60. The summed E-state index contributed by atoms with van der Waals surface area (Å²) in [4.78, 5) is 9.49. The molecule has 2 aromatic heterocycles. The molecule has 0 saturated carbocycles. The number of hydrogen-bond donors (Lipinski definition) is 0. The zero-order valence-corrected chi connectivity index (χ0v) is 25.4. The first kappa shape index (κ1) is 23.7. The molecule has 0 bridgehead atoms. The van der Waals surface area contributed by atoms with E-state index in [4.69, 9.17) is 11.3 Å². The van der Waals surface area contributed by atoms with Crippen LogP contribution in [0.25, 0.3) is 32.2 Å². The smallest absolute Gasteiger partial charge is 0.157 e. The van der Waals surface area contributed by atoms with Crippen molar-refractivity contribution in [3.63, 3.8) is 0 Å². The number of aryl methyl sites for hydroxylation is 1. The molecule has 6 aromatic rings. The van der Waals surface area contributed by atoms with Crippen LogP contribution in [0.5, 0.6) is 0 Å². The summed E-state index contributed by atoms with van der Waals surface area (Å²) in [6.07, 6.45) is 0.0791. The van der Waals surface area contributed by atoms with Crippen molar-refractivity contribution in [2.24, 2.45) is 0 Å². The molecule has 6 rings (SSSR count). The van der Waals surface area contributed by atoms with Gasteiger partial charge < -0.3 is 0 Å². The van der Waals surface area contributed by atoms with Crippen molar-refractivity contribution >= 4 is 68.5 Å². The first-order chi connectivity index (χ1) is 18.7. The Morgan fingerprint density at radius 3 is 1.97 bits per heavy atom. The van der Waals surface area contributed by atoms with Crippen LogP contribution in [0.15, 0.2) is 103 Å². The van der Waals surface area contributed by atoms with Crippen LogP contribution >= 0.6 is 11.3 Å². The van der Waals surface area contributed by atoms with Gasteiger partial charge in [-0.25, -0.2) is 9.97 Å². The summed E-state index contributed by atoms with van der Waals surface area (Å²) in [5.74, 6) is 0. The quantitative estimate of drug-likeness (QED) is 0.232. The number of rotatable bonds is 5. The second kappa shape index (κ2) is 9.42. The largest absolute Gasteiger partial charge is 0.235 e. The van der Waals surface area contributed by atoms with E-state index in [1.165, 1.54) is 36.4 Å². The lowest BCUT2D eigenvalue weighted by molar-refractivity contribution is 1.23. The third-order valence-corrected chi connectivity index (χ3v) is 16.7. The van der Waals surface area contributed by atoms with Crippen molar-refractivity contribution in [2.45, 2.75) is 33.1 Å². The number of fused-ring (bicyclic) bond motifs is 2. The second-order valence-electron chi connectivity index (χ2n) is 11.3.